The predicted molar refractivity (Wildman–Crippen MR) is 99.0 cm³/mol. The zero-order valence-electron chi connectivity index (χ0n) is 14.1. The van der Waals surface area contributed by atoms with Gasteiger partial charge in [0.15, 0.2) is 0 Å². The van der Waals surface area contributed by atoms with E-state index in [0.29, 0.717) is 29.5 Å². The van der Waals surface area contributed by atoms with Gasteiger partial charge < -0.3 is 5.73 Å². The van der Waals surface area contributed by atoms with E-state index in [-0.39, 0.29) is 18.8 Å². The van der Waals surface area contributed by atoms with Gasteiger partial charge in [0.25, 0.3) is 0 Å². The van der Waals surface area contributed by atoms with Gasteiger partial charge in [-0.05, 0) is 45.7 Å². The van der Waals surface area contributed by atoms with Gasteiger partial charge in [0.05, 0.1) is 19.4 Å². The third-order valence-corrected chi connectivity index (χ3v) is 5.21. The number of halogens is 1. The highest BCUT2D eigenvalue weighted by Crippen LogP contribution is 2.30. The molecule has 0 spiro atoms. The molecule has 138 valence electrons. The zero-order valence-corrected chi connectivity index (χ0v) is 14.9. The first-order chi connectivity index (χ1) is 13.2. The molecule has 4 rings (SSSR count). The normalized spacial score (nSPS) is 12.1. The van der Waals surface area contributed by atoms with Gasteiger partial charge in [0.1, 0.15) is 17.4 Å². The number of hydrogen-bond acceptors (Lipinski definition) is 7. The first kappa shape index (κ1) is 17.3. The average Bonchev–Trinajstić information content (AvgIpc) is 3.41. The highest BCUT2D eigenvalue weighted by atomic mass is 32.1. The molecule has 2 N–H and O–H groups in total. The van der Waals surface area contributed by atoms with Gasteiger partial charge in [0, 0.05) is 16.3 Å². The summed E-state index contributed by atoms with van der Waals surface area (Å²) in [5.74, 6) is 0. The smallest absolute Gasteiger partial charge is 0.327 e. The van der Waals surface area contributed by atoms with Gasteiger partial charge in [-0.2, -0.15) is 5.10 Å². The Morgan fingerprint density at radius 1 is 1.26 bits per heavy atom. The van der Waals surface area contributed by atoms with Crippen LogP contribution in [0.2, 0.25) is 0 Å². The Balaban J connectivity index is 1.54. The average molecular weight is 386 g/mol. The van der Waals surface area contributed by atoms with Crippen molar-refractivity contribution in [3.05, 3.63) is 63.9 Å². The second kappa shape index (κ2) is 7.25. The topological polar surface area (TPSA) is 105 Å². The van der Waals surface area contributed by atoms with Gasteiger partial charge >= 0.3 is 5.69 Å². The van der Waals surface area contributed by atoms with E-state index >= 15 is 0 Å². The molecular formula is C17H15FN6O2S. The fourth-order valence-electron chi connectivity index (χ4n) is 2.65. The van der Waals surface area contributed by atoms with Gasteiger partial charge in [-0.25, -0.2) is 18.5 Å². The molecule has 1 aromatic carbocycles. The summed E-state index contributed by atoms with van der Waals surface area (Å²) in [4.78, 5) is 14.4. The van der Waals surface area contributed by atoms with E-state index in [2.05, 4.69) is 15.4 Å². The van der Waals surface area contributed by atoms with Crippen LogP contribution in [-0.2, 0) is 13.1 Å². The van der Waals surface area contributed by atoms with E-state index in [1.807, 2.05) is 30.3 Å². The Bertz CT molecular complexity index is 1170. The molecule has 0 saturated heterocycles. The SMILES string of the molecule is NC/C(=C/F)Cn1ncn(Cc2ccc(-c3ccc4nonc4c3)s2)c1=O. The molecule has 0 aliphatic heterocycles. The summed E-state index contributed by atoms with van der Waals surface area (Å²) in [6.45, 7) is 0.463. The number of fused-ring (bicyclic) bond motifs is 1. The third kappa shape index (κ3) is 3.44. The lowest BCUT2D eigenvalue weighted by molar-refractivity contribution is 0.315. The molecule has 27 heavy (non-hydrogen) atoms. The van der Waals surface area contributed by atoms with Crippen LogP contribution in [0.3, 0.4) is 0 Å². The first-order valence-electron chi connectivity index (χ1n) is 8.10. The lowest BCUT2D eigenvalue weighted by Gasteiger charge is -2.01. The van der Waals surface area contributed by atoms with Crippen molar-refractivity contribution < 1.29 is 9.02 Å². The van der Waals surface area contributed by atoms with Crippen LogP contribution < -0.4 is 11.4 Å². The minimum absolute atomic E-state index is 0.0372. The minimum Gasteiger partial charge on any atom is -0.327 e. The number of thiophene rings is 1. The largest absolute Gasteiger partial charge is 0.346 e. The van der Waals surface area contributed by atoms with E-state index in [1.54, 1.807) is 11.3 Å². The molecule has 3 heterocycles. The number of hydrogen-bond donors (Lipinski definition) is 1. The summed E-state index contributed by atoms with van der Waals surface area (Å²) in [6.07, 6.45) is 1.86. The van der Waals surface area contributed by atoms with Crippen LogP contribution in [0.1, 0.15) is 4.88 Å². The van der Waals surface area contributed by atoms with Gasteiger partial charge in [-0.1, -0.05) is 6.07 Å². The molecule has 0 saturated carbocycles. The molecule has 0 aliphatic carbocycles. The highest BCUT2D eigenvalue weighted by Gasteiger charge is 2.10. The number of nitrogens with two attached hydrogens (primary N) is 1. The Labute approximate surface area is 156 Å². The maximum Gasteiger partial charge on any atom is 0.346 e. The summed E-state index contributed by atoms with van der Waals surface area (Å²) in [7, 11) is 0. The van der Waals surface area contributed by atoms with Crippen LogP contribution in [0.5, 0.6) is 0 Å². The van der Waals surface area contributed by atoms with Crippen LogP contribution >= 0.6 is 11.3 Å². The summed E-state index contributed by atoms with van der Waals surface area (Å²) < 4.78 is 20.1. The van der Waals surface area contributed by atoms with E-state index in [0.717, 1.165) is 15.3 Å². The molecule has 4 aromatic rings. The van der Waals surface area contributed by atoms with Crippen molar-refractivity contribution >= 4 is 22.4 Å². The van der Waals surface area contributed by atoms with Crippen molar-refractivity contribution in [2.24, 2.45) is 5.73 Å². The molecule has 0 radical (unpaired) electrons. The lowest BCUT2D eigenvalue weighted by atomic mass is 10.1. The van der Waals surface area contributed by atoms with Gasteiger partial charge in [-0.3, -0.25) is 4.57 Å². The van der Waals surface area contributed by atoms with Crippen LogP contribution in [0.25, 0.3) is 21.5 Å². The summed E-state index contributed by atoms with van der Waals surface area (Å²) >= 11 is 1.57. The Morgan fingerprint density at radius 3 is 2.93 bits per heavy atom. The second-order valence-electron chi connectivity index (χ2n) is 5.90. The van der Waals surface area contributed by atoms with E-state index in [9.17, 15) is 9.18 Å². The maximum absolute atomic E-state index is 12.7. The molecule has 10 heteroatoms. The molecular weight excluding hydrogens is 371 g/mol. The predicted octanol–water partition coefficient (Wildman–Crippen LogP) is 2.17. The van der Waals surface area contributed by atoms with Crippen molar-refractivity contribution in [3.63, 3.8) is 0 Å². The van der Waals surface area contributed by atoms with Crippen LogP contribution in [0.15, 0.2) is 58.0 Å². The number of aromatic nitrogens is 5. The second-order valence-corrected chi connectivity index (χ2v) is 7.07. The van der Waals surface area contributed by atoms with Crippen molar-refractivity contribution in [3.8, 4) is 10.4 Å². The fourth-order valence-corrected chi connectivity index (χ4v) is 3.65. The van der Waals surface area contributed by atoms with Crippen LogP contribution in [0, 0.1) is 0 Å². The molecule has 0 fully saturated rings. The van der Waals surface area contributed by atoms with Crippen molar-refractivity contribution in [1.29, 1.82) is 0 Å². The monoisotopic (exact) mass is 386 g/mol. The number of rotatable bonds is 6. The van der Waals surface area contributed by atoms with Crippen LogP contribution in [0.4, 0.5) is 4.39 Å². The molecule has 0 amide bonds. The van der Waals surface area contributed by atoms with E-state index < -0.39 is 0 Å². The lowest BCUT2D eigenvalue weighted by Crippen LogP contribution is -2.26. The highest BCUT2D eigenvalue weighted by molar-refractivity contribution is 7.15. The molecule has 8 nitrogen and oxygen atoms in total. The number of benzene rings is 1. The molecule has 3 aromatic heterocycles. The van der Waals surface area contributed by atoms with E-state index in [4.69, 9.17) is 10.4 Å². The number of nitrogens with zero attached hydrogens (tertiary/aromatic N) is 5. The summed E-state index contributed by atoms with van der Waals surface area (Å²) in [6, 6.07) is 9.65. The summed E-state index contributed by atoms with van der Waals surface area (Å²) in [5.41, 5.74) is 7.81. The zero-order chi connectivity index (χ0) is 18.8. The fraction of sp³-hybridized carbons (Fsp3) is 0.176. The standard InChI is InChI=1S/C17H15FN6O2S/c18-6-11(7-19)8-24-17(25)23(10-20-24)9-13-2-4-16(27-13)12-1-3-14-15(5-12)22-26-21-14/h1-6,10H,7-9,19H2/b11-6-. The Kier molecular flexibility index (Phi) is 4.65. The van der Waals surface area contributed by atoms with Crippen molar-refractivity contribution in [2.45, 2.75) is 13.1 Å². The van der Waals surface area contributed by atoms with Crippen LogP contribution in [-0.4, -0.2) is 31.2 Å². The molecule has 0 atom stereocenters. The minimum atomic E-state index is -0.312. The molecule has 0 unspecified atom stereocenters. The Hall–Kier alpha value is -3.11. The molecule has 0 aliphatic rings. The summed E-state index contributed by atoms with van der Waals surface area (Å²) in [5, 5.41) is 11.7. The van der Waals surface area contributed by atoms with Crippen molar-refractivity contribution in [2.75, 3.05) is 6.54 Å². The molecule has 0 bridgehead atoms. The first-order valence-corrected chi connectivity index (χ1v) is 8.91. The quantitative estimate of drug-likeness (QED) is 0.544. The van der Waals surface area contributed by atoms with Gasteiger partial charge in [-0.15, -0.1) is 11.3 Å². The Morgan fingerprint density at radius 2 is 2.11 bits per heavy atom. The van der Waals surface area contributed by atoms with E-state index in [1.165, 1.54) is 15.6 Å². The van der Waals surface area contributed by atoms with Crippen molar-refractivity contribution in [1.82, 2.24) is 24.7 Å². The maximum atomic E-state index is 12.7. The van der Waals surface area contributed by atoms with Gasteiger partial charge in [0.2, 0.25) is 0 Å². The third-order valence-electron chi connectivity index (χ3n) is 4.09.